The smallest absolute Gasteiger partial charge is 0.251 e. The molecule has 0 aliphatic heterocycles. The summed E-state index contributed by atoms with van der Waals surface area (Å²) < 4.78 is 10.7. The number of hydrogen-bond donors (Lipinski definition) is 1. The van der Waals surface area contributed by atoms with E-state index in [0.717, 1.165) is 12.1 Å². The summed E-state index contributed by atoms with van der Waals surface area (Å²) in [6.07, 6.45) is 0.753. The fourth-order valence-corrected chi connectivity index (χ4v) is 2.23. The minimum absolute atomic E-state index is 0.166. The summed E-state index contributed by atoms with van der Waals surface area (Å²) in [6.45, 7) is 4.18. The van der Waals surface area contributed by atoms with Gasteiger partial charge < -0.3 is 14.5 Å². The van der Waals surface area contributed by atoms with Crippen LogP contribution in [0.25, 0.3) is 11.4 Å². The molecule has 5 nitrogen and oxygen atoms in total. The third-order valence-electron chi connectivity index (χ3n) is 3.07. The highest BCUT2D eigenvalue weighted by Gasteiger charge is 2.14. The third kappa shape index (κ3) is 3.42. The van der Waals surface area contributed by atoms with Crippen molar-refractivity contribution in [3.05, 3.63) is 40.3 Å². The summed E-state index contributed by atoms with van der Waals surface area (Å²) in [5.41, 5.74) is 1.31. The van der Waals surface area contributed by atoms with Crippen molar-refractivity contribution in [1.82, 2.24) is 9.97 Å². The van der Waals surface area contributed by atoms with Crippen molar-refractivity contribution >= 4 is 0 Å². The van der Waals surface area contributed by atoms with Crippen LogP contribution >= 0.6 is 0 Å². The maximum absolute atomic E-state index is 11.9. The SMILES string of the molecule is COc1cccc(-c2nc(CC(C)C)cc(=O)[nH]2)c1OC. The van der Waals surface area contributed by atoms with Crippen LogP contribution in [-0.4, -0.2) is 24.2 Å². The fourth-order valence-electron chi connectivity index (χ4n) is 2.23. The molecule has 0 radical (unpaired) electrons. The van der Waals surface area contributed by atoms with E-state index in [1.54, 1.807) is 20.3 Å². The van der Waals surface area contributed by atoms with Crippen LogP contribution in [0.4, 0.5) is 0 Å². The highest BCUT2D eigenvalue weighted by molar-refractivity contribution is 5.68. The number of hydrogen-bond acceptors (Lipinski definition) is 4. The van der Waals surface area contributed by atoms with Crippen LogP contribution in [0, 0.1) is 5.92 Å². The molecular weight excluding hydrogens is 268 g/mol. The number of benzene rings is 1. The number of aromatic nitrogens is 2. The van der Waals surface area contributed by atoms with E-state index in [1.165, 1.54) is 6.07 Å². The number of H-pyrrole nitrogens is 1. The van der Waals surface area contributed by atoms with Gasteiger partial charge in [-0.05, 0) is 24.5 Å². The fraction of sp³-hybridized carbons (Fsp3) is 0.375. The van der Waals surface area contributed by atoms with Crippen molar-refractivity contribution in [2.75, 3.05) is 14.2 Å². The summed E-state index contributed by atoms with van der Waals surface area (Å²) in [6, 6.07) is 7.03. The normalized spacial score (nSPS) is 10.7. The molecule has 0 amide bonds. The van der Waals surface area contributed by atoms with Crippen molar-refractivity contribution in [3.63, 3.8) is 0 Å². The second-order valence-corrected chi connectivity index (χ2v) is 5.22. The van der Waals surface area contributed by atoms with Gasteiger partial charge in [-0.15, -0.1) is 0 Å². The number of rotatable bonds is 5. The zero-order valence-electron chi connectivity index (χ0n) is 12.8. The first-order valence-corrected chi connectivity index (χ1v) is 6.86. The Labute approximate surface area is 124 Å². The lowest BCUT2D eigenvalue weighted by atomic mass is 10.1. The zero-order chi connectivity index (χ0) is 15.4. The van der Waals surface area contributed by atoms with E-state index in [1.807, 2.05) is 12.1 Å². The van der Waals surface area contributed by atoms with Crippen LogP contribution in [0.1, 0.15) is 19.5 Å². The largest absolute Gasteiger partial charge is 0.493 e. The third-order valence-corrected chi connectivity index (χ3v) is 3.07. The number of methoxy groups -OCH3 is 2. The van der Waals surface area contributed by atoms with Gasteiger partial charge >= 0.3 is 0 Å². The van der Waals surface area contributed by atoms with Crippen molar-refractivity contribution in [1.29, 1.82) is 0 Å². The van der Waals surface area contributed by atoms with E-state index < -0.39 is 0 Å². The Morgan fingerprint density at radius 3 is 2.62 bits per heavy atom. The predicted molar refractivity (Wildman–Crippen MR) is 81.9 cm³/mol. The van der Waals surface area contributed by atoms with Gasteiger partial charge in [-0.2, -0.15) is 0 Å². The van der Waals surface area contributed by atoms with Gasteiger partial charge in [0.1, 0.15) is 5.82 Å². The lowest BCUT2D eigenvalue weighted by Crippen LogP contribution is -2.12. The van der Waals surface area contributed by atoms with Crippen molar-refractivity contribution in [2.24, 2.45) is 5.92 Å². The summed E-state index contributed by atoms with van der Waals surface area (Å²) in [7, 11) is 3.14. The molecule has 0 saturated heterocycles. The lowest BCUT2D eigenvalue weighted by Gasteiger charge is -2.12. The molecule has 0 aliphatic carbocycles. The number of para-hydroxylation sites is 1. The molecule has 5 heteroatoms. The van der Waals surface area contributed by atoms with Crippen molar-refractivity contribution in [3.8, 4) is 22.9 Å². The lowest BCUT2D eigenvalue weighted by molar-refractivity contribution is 0.356. The Morgan fingerprint density at radius 2 is 2.00 bits per heavy atom. The molecule has 21 heavy (non-hydrogen) atoms. The summed E-state index contributed by atoms with van der Waals surface area (Å²) in [5.74, 6) is 2.09. The van der Waals surface area contributed by atoms with Gasteiger partial charge in [0.25, 0.3) is 5.56 Å². The van der Waals surface area contributed by atoms with Gasteiger partial charge in [0, 0.05) is 11.8 Å². The first kappa shape index (κ1) is 15.1. The standard InChI is InChI=1S/C16H20N2O3/c1-10(2)8-11-9-14(19)18-16(17-11)12-6-5-7-13(20-3)15(12)21-4/h5-7,9-10H,8H2,1-4H3,(H,17,18,19). The number of nitrogens with zero attached hydrogens (tertiary/aromatic N) is 1. The average Bonchev–Trinajstić information content (AvgIpc) is 2.44. The molecule has 0 saturated carbocycles. The molecular formula is C16H20N2O3. The van der Waals surface area contributed by atoms with Crippen LogP contribution in [0.5, 0.6) is 11.5 Å². The van der Waals surface area contributed by atoms with Crippen molar-refractivity contribution < 1.29 is 9.47 Å². The maximum atomic E-state index is 11.9. The molecule has 0 unspecified atom stereocenters. The zero-order valence-corrected chi connectivity index (χ0v) is 12.8. The van der Waals surface area contributed by atoms with Gasteiger partial charge in [-0.3, -0.25) is 4.79 Å². The van der Waals surface area contributed by atoms with Crippen molar-refractivity contribution in [2.45, 2.75) is 20.3 Å². The van der Waals surface area contributed by atoms with E-state index >= 15 is 0 Å². The van der Waals surface area contributed by atoms with Crippen LogP contribution in [0.15, 0.2) is 29.1 Å². The minimum atomic E-state index is -0.166. The minimum Gasteiger partial charge on any atom is -0.493 e. The highest BCUT2D eigenvalue weighted by atomic mass is 16.5. The molecule has 2 aromatic rings. The van der Waals surface area contributed by atoms with Gasteiger partial charge in [0.2, 0.25) is 0 Å². The van der Waals surface area contributed by atoms with Gasteiger partial charge in [0.15, 0.2) is 11.5 Å². The Bertz CT molecular complexity index is 677. The van der Waals surface area contributed by atoms with E-state index in [-0.39, 0.29) is 5.56 Å². The molecule has 0 aliphatic rings. The van der Waals surface area contributed by atoms with E-state index in [0.29, 0.717) is 28.8 Å². The molecule has 0 fully saturated rings. The second kappa shape index (κ2) is 6.43. The summed E-state index contributed by atoms with van der Waals surface area (Å²) in [5, 5.41) is 0. The highest BCUT2D eigenvalue weighted by Crippen LogP contribution is 2.35. The number of aromatic amines is 1. The van der Waals surface area contributed by atoms with Crippen LogP contribution in [-0.2, 0) is 6.42 Å². The molecule has 0 spiro atoms. The molecule has 0 bridgehead atoms. The number of nitrogens with one attached hydrogen (secondary N) is 1. The Morgan fingerprint density at radius 1 is 1.24 bits per heavy atom. The van der Waals surface area contributed by atoms with Gasteiger partial charge in [-0.1, -0.05) is 19.9 Å². The van der Waals surface area contributed by atoms with E-state index in [2.05, 4.69) is 23.8 Å². The topological polar surface area (TPSA) is 64.2 Å². The van der Waals surface area contributed by atoms with Crippen LogP contribution < -0.4 is 15.0 Å². The predicted octanol–water partition coefficient (Wildman–Crippen LogP) is 2.65. The van der Waals surface area contributed by atoms with Crippen LogP contribution in [0.3, 0.4) is 0 Å². The second-order valence-electron chi connectivity index (χ2n) is 5.22. The van der Waals surface area contributed by atoms with Gasteiger partial charge in [-0.25, -0.2) is 4.98 Å². The molecule has 1 aromatic carbocycles. The average molecular weight is 288 g/mol. The Hall–Kier alpha value is -2.30. The first-order valence-electron chi connectivity index (χ1n) is 6.86. The molecule has 112 valence electrons. The summed E-state index contributed by atoms with van der Waals surface area (Å²) >= 11 is 0. The quantitative estimate of drug-likeness (QED) is 0.918. The Kier molecular flexibility index (Phi) is 4.62. The molecule has 2 rings (SSSR count). The van der Waals surface area contributed by atoms with E-state index in [4.69, 9.17) is 9.47 Å². The monoisotopic (exact) mass is 288 g/mol. The maximum Gasteiger partial charge on any atom is 0.251 e. The van der Waals surface area contributed by atoms with Crippen LogP contribution in [0.2, 0.25) is 0 Å². The number of ether oxygens (including phenoxy) is 2. The summed E-state index contributed by atoms with van der Waals surface area (Å²) in [4.78, 5) is 19.2. The molecule has 1 N–H and O–H groups in total. The molecule has 0 atom stereocenters. The Balaban J connectivity index is 2.56. The first-order chi connectivity index (χ1) is 10.0. The van der Waals surface area contributed by atoms with E-state index in [9.17, 15) is 4.79 Å². The van der Waals surface area contributed by atoms with Gasteiger partial charge in [0.05, 0.1) is 19.8 Å². The molecule has 1 heterocycles. The molecule has 1 aromatic heterocycles.